The molecule has 0 unspecified atom stereocenters. The summed E-state index contributed by atoms with van der Waals surface area (Å²) in [5, 5.41) is 9.08. The van der Waals surface area contributed by atoms with Gasteiger partial charge in [0.1, 0.15) is 0 Å². The third kappa shape index (κ3) is 1.78. The summed E-state index contributed by atoms with van der Waals surface area (Å²) in [5.41, 5.74) is 1.55. The summed E-state index contributed by atoms with van der Waals surface area (Å²) in [4.78, 5) is 0. The molecule has 0 fully saturated rings. The standard InChI is InChI=1S/C10H6ClN/c1-2-8-3-4-10(11)7-9(8)5-6-12/h1,3-4,7H,5H2. The zero-order valence-electron chi connectivity index (χ0n) is 6.34. The summed E-state index contributed by atoms with van der Waals surface area (Å²) >= 11 is 5.73. The van der Waals surface area contributed by atoms with Crippen molar-refractivity contribution in [2.45, 2.75) is 6.42 Å². The van der Waals surface area contributed by atoms with Crippen molar-refractivity contribution in [2.75, 3.05) is 0 Å². The number of terminal acetylenes is 1. The van der Waals surface area contributed by atoms with Crippen molar-refractivity contribution in [3.8, 4) is 18.4 Å². The number of halogens is 1. The lowest BCUT2D eigenvalue weighted by Crippen LogP contribution is -1.87. The molecule has 0 radical (unpaired) electrons. The van der Waals surface area contributed by atoms with E-state index >= 15 is 0 Å². The summed E-state index contributed by atoms with van der Waals surface area (Å²) in [6, 6.07) is 7.22. The van der Waals surface area contributed by atoms with Crippen LogP contribution in [0.4, 0.5) is 0 Å². The van der Waals surface area contributed by atoms with E-state index in [-0.39, 0.29) is 0 Å². The fourth-order valence-electron chi connectivity index (χ4n) is 0.935. The second-order valence-corrected chi connectivity index (χ2v) is 2.72. The predicted molar refractivity (Wildman–Crippen MR) is 48.7 cm³/mol. The first kappa shape index (κ1) is 8.65. The quantitative estimate of drug-likeness (QED) is 0.602. The fraction of sp³-hybridized carbons (Fsp3) is 0.100. The molecule has 1 nitrogen and oxygen atoms in total. The van der Waals surface area contributed by atoms with E-state index in [9.17, 15) is 0 Å². The van der Waals surface area contributed by atoms with Crippen LogP contribution in [0.3, 0.4) is 0 Å². The van der Waals surface area contributed by atoms with Crippen LogP contribution in [-0.4, -0.2) is 0 Å². The third-order valence-electron chi connectivity index (χ3n) is 1.49. The molecular formula is C10H6ClN. The third-order valence-corrected chi connectivity index (χ3v) is 1.73. The molecule has 0 aromatic heterocycles. The van der Waals surface area contributed by atoms with Crippen LogP contribution in [0.2, 0.25) is 5.02 Å². The van der Waals surface area contributed by atoms with Gasteiger partial charge in [0.05, 0.1) is 12.5 Å². The molecule has 0 aliphatic rings. The van der Waals surface area contributed by atoms with Gasteiger partial charge in [-0.1, -0.05) is 17.5 Å². The maximum atomic E-state index is 8.47. The topological polar surface area (TPSA) is 23.8 Å². The minimum atomic E-state index is 0.306. The lowest BCUT2D eigenvalue weighted by Gasteiger charge is -1.99. The summed E-state index contributed by atoms with van der Waals surface area (Å²) in [7, 11) is 0. The normalized spacial score (nSPS) is 8.58. The van der Waals surface area contributed by atoms with Crippen LogP contribution in [0.25, 0.3) is 0 Å². The Bertz CT molecular complexity index is 368. The summed E-state index contributed by atoms with van der Waals surface area (Å²) < 4.78 is 0. The van der Waals surface area contributed by atoms with Gasteiger partial charge in [0.2, 0.25) is 0 Å². The summed E-state index contributed by atoms with van der Waals surface area (Å²) in [6.07, 6.45) is 5.53. The van der Waals surface area contributed by atoms with E-state index in [4.69, 9.17) is 23.3 Å². The zero-order valence-corrected chi connectivity index (χ0v) is 7.10. The Morgan fingerprint density at radius 3 is 2.83 bits per heavy atom. The van der Waals surface area contributed by atoms with Crippen LogP contribution in [-0.2, 0) is 6.42 Å². The lowest BCUT2D eigenvalue weighted by molar-refractivity contribution is 1.25. The molecule has 1 rings (SSSR count). The van der Waals surface area contributed by atoms with Crippen molar-refractivity contribution < 1.29 is 0 Å². The first-order chi connectivity index (χ1) is 5.77. The van der Waals surface area contributed by atoms with Gasteiger partial charge in [-0.25, -0.2) is 0 Å². The van der Waals surface area contributed by atoms with Crippen molar-refractivity contribution in [3.63, 3.8) is 0 Å². The molecule has 0 spiro atoms. The average molecular weight is 176 g/mol. The van der Waals surface area contributed by atoms with Crippen LogP contribution >= 0.6 is 11.6 Å². The molecular weight excluding hydrogens is 170 g/mol. The molecule has 0 amide bonds. The van der Waals surface area contributed by atoms with Gasteiger partial charge in [-0.15, -0.1) is 6.42 Å². The first-order valence-corrected chi connectivity index (χ1v) is 3.77. The van der Waals surface area contributed by atoms with Gasteiger partial charge in [-0.3, -0.25) is 0 Å². The summed E-state index contributed by atoms with van der Waals surface area (Å²) in [5.74, 6) is 2.50. The van der Waals surface area contributed by atoms with Crippen LogP contribution < -0.4 is 0 Å². The molecule has 0 heterocycles. The molecule has 1 aromatic rings. The predicted octanol–water partition coefficient (Wildman–Crippen LogP) is 2.39. The van der Waals surface area contributed by atoms with Gasteiger partial charge in [-0.05, 0) is 23.8 Å². The molecule has 58 valence electrons. The van der Waals surface area contributed by atoms with Crippen molar-refractivity contribution >= 4 is 11.6 Å². The smallest absolute Gasteiger partial charge is 0.0670 e. The van der Waals surface area contributed by atoms with E-state index in [2.05, 4.69) is 5.92 Å². The lowest BCUT2D eigenvalue weighted by atomic mass is 10.1. The highest BCUT2D eigenvalue weighted by Gasteiger charge is 1.99. The van der Waals surface area contributed by atoms with Crippen molar-refractivity contribution in [2.24, 2.45) is 0 Å². The second kappa shape index (κ2) is 3.81. The van der Waals surface area contributed by atoms with E-state index < -0.39 is 0 Å². The highest BCUT2D eigenvalue weighted by molar-refractivity contribution is 6.30. The summed E-state index contributed by atoms with van der Waals surface area (Å²) in [6.45, 7) is 0. The first-order valence-electron chi connectivity index (χ1n) is 3.40. The number of nitrogens with zero attached hydrogens (tertiary/aromatic N) is 1. The molecule has 2 heteroatoms. The molecule has 0 aliphatic carbocycles. The number of benzene rings is 1. The highest BCUT2D eigenvalue weighted by Crippen LogP contribution is 2.15. The Morgan fingerprint density at radius 1 is 1.50 bits per heavy atom. The SMILES string of the molecule is C#Cc1ccc(Cl)cc1CC#N. The Balaban J connectivity index is 3.16. The van der Waals surface area contributed by atoms with Gasteiger partial charge in [0.15, 0.2) is 0 Å². The van der Waals surface area contributed by atoms with Gasteiger partial charge in [0.25, 0.3) is 0 Å². The van der Waals surface area contributed by atoms with Crippen LogP contribution in [0, 0.1) is 23.7 Å². The molecule has 0 saturated carbocycles. The van der Waals surface area contributed by atoms with Crippen LogP contribution in [0.1, 0.15) is 11.1 Å². The largest absolute Gasteiger partial charge is 0.198 e. The zero-order chi connectivity index (χ0) is 8.97. The van der Waals surface area contributed by atoms with Gasteiger partial charge in [-0.2, -0.15) is 5.26 Å². The van der Waals surface area contributed by atoms with E-state index in [1.165, 1.54) is 0 Å². The molecule has 0 atom stereocenters. The van der Waals surface area contributed by atoms with E-state index in [0.29, 0.717) is 11.4 Å². The van der Waals surface area contributed by atoms with Crippen LogP contribution in [0.15, 0.2) is 18.2 Å². The number of hydrogen-bond donors (Lipinski definition) is 0. The monoisotopic (exact) mass is 175 g/mol. The number of hydrogen-bond acceptors (Lipinski definition) is 1. The van der Waals surface area contributed by atoms with Crippen molar-refractivity contribution in [1.82, 2.24) is 0 Å². The molecule has 0 bridgehead atoms. The fourth-order valence-corrected chi connectivity index (χ4v) is 1.13. The minimum absolute atomic E-state index is 0.306. The van der Waals surface area contributed by atoms with E-state index in [0.717, 1.165) is 11.1 Å². The van der Waals surface area contributed by atoms with Gasteiger partial charge >= 0.3 is 0 Å². The highest BCUT2D eigenvalue weighted by atomic mass is 35.5. The Kier molecular flexibility index (Phi) is 2.75. The Labute approximate surface area is 76.6 Å². The second-order valence-electron chi connectivity index (χ2n) is 2.28. The van der Waals surface area contributed by atoms with Crippen molar-refractivity contribution in [1.29, 1.82) is 5.26 Å². The number of rotatable bonds is 1. The van der Waals surface area contributed by atoms with Crippen LogP contribution in [0.5, 0.6) is 0 Å². The Morgan fingerprint density at radius 2 is 2.25 bits per heavy atom. The van der Waals surface area contributed by atoms with Crippen molar-refractivity contribution in [3.05, 3.63) is 34.3 Å². The molecule has 12 heavy (non-hydrogen) atoms. The maximum absolute atomic E-state index is 8.47. The maximum Gasteiger partial charge on any atom is 0.0670 e. The minimum Gasteiger partial charge on any atom is -0.198 e. The van der Waals surface area contributed by atoms with E-state index in [1.54, 1.807) is 18.2 Å². The molecule has 0 saturated heterocycles. The average Bonchev–Trinajstić information content (AvgIpc) is 2.05. The molecule has 0 N–H and O–H groups in total. The molecule has 1 aromatic carbocycles. The Hall–Kier alpha value is -1.44. The number of nitriles is 1. The molecule has 0 aliphatic heterocycles. The van der Waals surface area contributed by atoms with E-state index in [1.807, 2.05) is 6.07 Å². The van der Waals surface area contributed by atoms with Gasteiger partial charge < -0.3 is 0 Å². The van der Waals surface area contributed by atoms with Gasteiger partial charge in [0, 0.05) is 10.6 Å².